The standard InChI is InChI=1S/C9H12N/c1-8(7-10)9-5-3-2-4-6-9/h2-6,8,10H,7H2,1H3/q-1/t8-/m1/s1. The summed E-state index contributed by atoms with van der Waals surface area (Å²) in [6.45, 7) is 2.55. The first kappa shape index (κ1) is 7.29. The topological polar surface area (TPSA) is 23.8 Å². The highest BCUT2D eigenvalue weighted by molar-refractivity contribution is 5.19. The van der Waals surface area contributed by atoms with Gasteiger partial charge in [-0.05, 0) is 11.5 Å². The van der Waals surface area contributed by atoms with Crippen LogP contribution >= 0.6 is 0 Å². The number of rotatable bonds is 2. The van der Waals surface area contributed by atoms with Crippen molar-refractivity contribution in [2.45, 2.75) is 12.8 Å². The van der Waals surface area contributed by atoms with Gasteiger partial charge in [-0.15, -0.1) is 6.54 Å². The maximum absolute atomic E-state index is 7.15. The second-order valence-corrected chi connectivity index (χ2v) is 2.52. The quantitative estimate of drug-likeness (QED) is 0.594. The van der Waals surface area contributed by atoms with Crippen LogP contribution in [-0.4, -0.2) is 6.54 Å². The van der Waals surface area contributed by atoms with E-state index in [1.807, 2.05) is 18.2 Å². The molecule has 1 N–H and O–H groups in total. The van der Waals surface area contributed by atoms with Crippen molar-refractivity contribution in [3.05, 3.63) is 41.6 Å². The molecule has 0 radical (unpaired) electrons. The van der Waals surface area contributed by atoms with E-state index in [9.17, 15) is 0 Å². The fraction of sp³-hybridized carbons (Fsp3) is 0.333. The van der Waals surface area contributed by atoms with Crippen LogP contribution in [0.3, 0.4) is 0 Å². The van der Waals surface area contributed by atoms with Gasteiger partial charge in [-0.3, -0.25) is 0 Å². The molecule has 0 aliphatic carbocycles. The van der Waals surface area contributed by atoms with Crippen molar-refractivity contribution in [1.82, 2.24) is 0 Å². The molecule has 0 heterocycles. The maximum atomic E-state index is 7.15. The summed E-state index contributed by atoms with van der Waals surface area (Å²) < 4.78 is 0. The number of hydrogen-bond acceptors (Lipinski definition) is 0. The minimum Gasteiger partial charge on any atom is -0.677 e. The molecular weight excluding hydrogens is 122 g/mol. The van der Waals surface area contributed by atoms with Crippen molar-refractivity contribution < 1.29 is 0 Å². The van der Waals surface area contributed by atoms with E-state index in [1.165, 1.54) is 5.56 Å². The van der Waals surface area contributed by atoms with Crippen LogP contribution in [0.4, 0.5) is 0 Å². The first-order chi connectivity index (χ1) is 4.84. The van der Waals surface area contributed by atoms with Gasteiger partial charge in [-0.25, -0.2) is 0 Å². The summed E-state index contributed by atoms with van der Waals surface area (Å²) in [7, 11) is 0. The molecule has 0 saturated carbocycles. The van der Waals surface area contributed by atoms with E-state index >= 15 is 0 Å². The predicted octanol–water partition coefficient (Wildman–Crippen LogP) is 2.84. The fourth-order valence-corrected chi connectivity index (χ4v) is 0.899. The summed E-state index contributed by atoms with van der Waals surface area (Å²) in [6.07, 6.45) is 0. The SMILES string of the molecule is C[C@H](C[NH-])c1ccccc1. The molecule has 1 rings (SSSR count). The normalized spacial score (nSPS) is 13.0. The Hall–Kier alpha value is -0.820. The molecule has 0 aliphatic rings. The lowest BCUT2D eigenvalue weighted by atomic mass is 10.0. The largest absolute Gasteiger partial charge is 0.677 e. The first-order valence-corrected chi connectivity index (χ1v) is 3.54. The molecule has 1 aromatic carbocycles. The molecule has 10 heavy (non-hydrogen) atoms. The highest BCUT2D eigenvalue weighted by Gasteiger charge is 1.95. The van der Waals surface area contributed by atoms with Crippen LogP contribution in [0.5, 0.6) is 0 Å². The Kier molecular flexibility index (Phi) is 2.46. The zero-order valence-electron chi connectivity index (χ0n) is 6.17. The van der Waals surface area contributed by atoms with Gasteiger partial charge < -0.3 is 5.73 Å². The molecule has 0 bridgehead atoms. The average Bonchev–Trinajstić information content (AvgIpc) is 2.05. The van der Waals surface area contributed by atoms with Crippen molar-refractivity contribution >= 4 is 0 Å². The molecule has 0 aliphatic heterocycles. The Morgan fingerprint density at radius 3 is 2.40 bits per heavy atom. The summed E-state index contributed by atoms with van der Waals surface area (Å²) in [5.41, 5.74) is 8.41. The Morgan fingerprint density at radius 1 is 1.30 bits per heavy atom. The Balaban J connectivity index is 2.75. The Labute approximate surface area is 61.9 Å². The second-order valence-electron chi connectivity index (χ2n) is 2.52. The van der Waals surface area contributed by atoms with Crippen molar-refractivity contribution in [2.24, 2.45) is 0 Å². The molecule has 1 nitrogen and oxygen atoms in total. The minimum absolute atomic E-state index is 0.376. The molecular formula is C9H12N-. The van der Waals surface area contributed by atoms with Crippen LogP contribution < -0.4 is 0 Å². The molecule has 0 aromatic heterocycles. The van der Waals surface area contributed by atoms with Crippen molar-refractivity contribution in [2.75, 3.05) is 6.54 Å². The number of benzene rings is 1. The van der Waals surface area contributed by atoms with Gasteiger partial charge in [0.05, 0.1) is 0 Å². The van der Waals surface area contributed by atoms with Crippen LogP contribution in [0.25, 0.3) is 5.73 Å². The van der Waals surface area contributed by atoms with Crippen molar-refractivity contribution in [3.8, 4) is 0 Å². The fourth-order valence-electron chi connectivity index (χ4n) is 0.899. The van der Waals surface area contributed by atoms with E-state index in [2.05, 4.69) is 19.1 Å². The maximum Gasteiger partial charge on any atom is -0.0381 e. The minimum atomic E-state index is 0.376. The molecule has 0 saturated heterocycles. The lowest BCUT2D eigenvalue weighted by Gasteiger charge is -2.12. The van der Waals surface area contributed by atoms with E-state index in [0.29, 0.717) is 12.5 Å². The molecule has 0 spiro atoms. The smallest absolute Gasteiger partial charge is 0.0381 e. The molecule has 0 unspecified atom stereocenters. The van der Waals surface area contributed by atoms with Gasteiger partial charge in [-0.2, -0.15) is 0 Å². The highest BCUT2D eigenvalue weighted by Crippen LogP contribution is 2.13. The highest BCUT2D eigenvalue weighted by atomic mass is 14.5. The van der Waals surface area contributed by atoms with Gasteiger partial charge in [0.25, 0.3) is 0 Å². The monoisotopic (exact) mass is 134 g/mol. The van der Waals surface area contributed by atoms with Crippen LogP contribution in [0.15, 0.2) is 30.3 Å². The Morgan fingerprint density at radius 2 is 1.90 bits per heavy atom. The van der Waals surface area contributed by atoms with Gasteiger partial charge in [-0.1, -0.05) is 37.3 Å². The summed E-state index contributed by atoms with van der Waals surface area (Å²) in [5.74, 6) is 0.376. The van der Waals surface area contributed by atoms with Crippen molar-refractivity contribution in [3.63, 3.8) is 0 Å². The van der Waals surface area contributed by atoms with Crippen LogP contribution in [-0.2, 0) is 0 Å². The third kappa shape index (κ3) is 1.58. The van der Waals surface area contributed by atoms with Crippen LogP contribution in [0.1, 0.15) is 18.4 Å². The summed E-state index contributed by atoms with van der Waals surface area (Å²) >= 11 is 0. The third-order valence-corrected chi connectivity index (χ3v) is 1.67. The average molecular weight is 134 g/mol. The van der Waals surface area contributed by atoms with Gasteiger partial charge >= 0.3 is 0 Å². The van der Waals surface area contributed by atoms with E-state index < -0.39 is 0 Å². The summed E-state index contributed by atoms with van der Waals surface area (Å²) in [6, 6.07) is 10.2. The molecule has 54 valence electrons. The van der Waals surface area contributed by atoms with Gasteiger partial charge in [0.15, 0.2) is 0 Å². The molecule has 0 fully saturated rings. The second kappa shape index (κ2) is 3.37. The summed E-state index contributed by atoms with van der Waals surface area (Å²) in [5, 5.41) is 0. The van der Waals surface area contributed by atoms with Crippen molar-refractivity contribution in [1.29, 1.82) is 0 Å². The zero-order valence-corrected chi connectivity index (χ0v) is 6.17. The van der Waals surface area contributed by atoms with E-state index in [1.54, 1.807) is 0 Å². The lowest BCUT2D eigenvalue weighted by molar-refractivity contribution is 0.838. The first-order valence-electron chi connectivity index (χ1n) is 3.54. The predicted molar refractivity (Wildman–Crippen MR) is 44.0 cm³/mol. The zero-order chi connectivity index (χ0) is 7.40. The number of hydrogen-bond donors (Lipinski definition) is 0. The van der Waals surface area contributed by atoms with Crippen LogP contribution in [0.2, 0.25) is 0 Å². The molecule has 1 heteroatoms. The van der Waals surface area contributed by atoms with Gasteiger partial charge in [0.2, 0.25) is 0 Å². The molecule has 1 aromatic rings. The Bertz CT molecular complexity index is 181. The van der Waals surface area contributed by atoms with Gasteiger partial charge in [0, 0.05) is 0 Å². The van der Waals surface area contributed by atoms with Crippen LogP contribution in [0, 0.1) is 0 Å². The van der Waals surface area contributed by atoms with E-state index in [4.69, 9.17) is 5.73 Å². The summed E-state index contributed by atoms with van der Waals surface area (Å²) in [4.78, 5) is 0. The molecule has 1 atom stereocenters. The van der Waals surface area contributed by atoms with E-state index in [0.717, 1.165) is 0 Å². The number of nitrogens with one attached hydrogen (secondary N) is 1. The van der Waals surface area contributed by atoms with E-state index in [-0.39, 0.29) is 0 Å². The van der Waals surface area contributed by atoms with Gasteiger partial charge in [0.1, 0.15) is 0 Å². The third-order valence-electron chi connectivity index (χ3n) is 1.67. The molecule has 0 amide bonds. The lowest BCUT2D eigenvalue weighted by Crippen LogP contribution is -1.93.